The third-order valence-corrected chi connectivity index (χ3v) is 5.14. The van der Waals surface area contributed by atoms with E-state index in [0.717, 1.165) is 17.3 Å². The van der Waals surface area contributed by atoms with Crippen LogP contribution < -0.4 is 4.90 Å². The van der Waals surface area contributed by atoms with Gasteiger partial charge in [-0.05, 0) is 36.8 Å². The van der Waals surface area contributed by atoms with Crippen LogP contribution in [0.4, 0.5) is 5.69 Å². The largest absolute Gasteiger partial charge is 0.507 e. The van der Waals surface area contributed by atoms with Crippen molar-refractivity contribution in [1.29, 1.82) is 0 Å². The molecule has 136 valence electrons. The average molecular weight is 418 g/mol. The summed E-state index contributed by atoms with van der Waals surface area (Å²) in [5.41, 5.74) is -0.806. The number of ketones is 1. The van der Waals surface area contributed by atoms with Crippen molar-refractivity contribution in [3.05, 3.63) is 58.1 Å². The lowest BCUT2D eigenvalue weighted by Crippen LogP contribution is -2.42. The summed E-state index contributed by atoms with van der Waals surface area (Å²) in [5.74, 6) is -1.14. The van der Waals surface area contributed by atoms with Crippen LogP contribution in [0, 0.1) is 0 Å². The number of hydrogen-bond acceptors (Lipinski definition) is 4. The lowest BCUT2D eigenvalue weighted by molar-refractivity contribution is -0.135. The summed E-state index contributed by atoms with van der Waals surface area (Å²) in [7, 11) is 0. The number of rotatable bonds is 6. The molecule has 26 heavy (non-hydrogen) atoms. The molecule has 1 heterocycles. The number of nitrogens with zero attached hydrogens (tertiary/aromatic N) is 1. The van der Waals surface area contributed by atoms with Crippen LogP contribution in [0.1, 0.15) is 42.1 Å². The molecule has 0 aromatic heterocycles. The van der Waals surface area contributed by atoms with Crippen LogP contribution in [0.3, 0.4) is 0 Å². The minimum Gasteiger partial charge on any atom is -0.507 e. The van der Waals surface area contributed by atoms with E-state index in [0.29, 0.717) is 17.8 Å². The van der Waals surface area contributed by atoms with Crippen LogP contribution >= 0.6 is 15.9 Å². The molecule has 0 unspecified atom stereocenters. The summed E-state index contributed by atoms with van der Waals surface area (Å²) in [6, 6.07) is 11.4. The predicted octanol–water partition coefficient (Wildman–Crippen LogP) is 3.76. The summed E-state index contributed by atoms with van der Waals surface area (Å²) in [5, 5.41) is 21.1. The molecule has 0 radical (unpaired) electrons. The number of carbonyl (C=O) groups is 2. The molecule has 1 aliphatic rings. The minimum atomic E-state index is -1.94. The normalized spacial score (nSPS) is 18.9. The summed E-state index contributed by atoms with van der Waals surface area (Å²) in [6.45, 7) is 2.51. The molecule has 2 aromatic rings. The fourth-order valence-corrected chi connectivity index (χ4v) is 3.63. The van der Waals surface area contributed by atoms with E-state index in [1.165, 1.54) is 12.1 Å². The molecular formula is C20H20BrNO4. The Bertz CT molecular complexity index is 867. The standard InChI is InChI=1S/C20H20BrNO4/c1-2-3-10-22-16-9-8-13(21)11-15(16)20(26,19(22)25)12-18(24)14-6-4-5-7-17(14)23/h4-9,11,23,26H,2-3,10,12H2,1H3/t20-/m0/s1. The van der Waals surface area contributed by atoms with Crippen molar-refractivity contribution < 1.29 is 19.8 Å². The highest BCUT2D eigenvalue weighted by molar-refractivity contribution is 9.10. The molecule has 3 rings (SSSR count). The quantitative estimate of drug-likeness (QED) is 0.701. The van der Waals surface area contributed by atoms with E-state index in [-0.39, 0.29) is 11.3 Å². The summed E-state index contributed by atoms with van der Waals surface area (Å²) < 4.78 is 0.717. The Balaban J connectivity index is 2.00. The van der Waals surface area contributed by atoms with Gasteiger partial charge in [-0.3, -0.25) is 9.59 Å². The van der Waals surface area contributed by atoms with Gasteiger partial charge in [0.2, 0.25) is 0 Å². The number of amides is 1. The average Bonchev–Trinajstić information content (AvgIpc) is 2.81. The highest BCUT2D eigenvalue weighted by Crippen LogP contribution is 2.44. The number of halogens is 1. The van der Waals surface area contributed by atoms with Gasteiger partial charge >= 0.3 is 0 Å². The number of fused-ring (bicyclic) bond motifs is 1. The van der Waals surface area contributed by atoms with Crippen molar-refractivity contribution in [2.75, 3.05) is 11.4 Å². The second kappa shape index (κ2) is 7.21. The fraction of sp³-hybridized carbons (Fsp3) is 0.300. The molecule has 2 aromatic carbocycles. The smallest absolute Gasteiger partial charge is 0.264 e. The fourth-order valence-electron chi connectivity index (χ4n) is 3.27. The van der Waals surface area contributed by atoms with Crippen molar-refractivity contribution in [2.45, 2.75) is 31.8 Å². The van der Waals surface area contributed by atoms with Crippen LogP contribution in [-0.2, 0) is 10.4 Å². The highest BCUT2D eigenvalue weighted by Gasteiger charge is 2.50. The van der Waals surface area contributed by atoms with E-state index in [2.05, 4.69) is 15.9 Å². The molecule has 1 aliphatic heterocycles. The third-order valence-electron chi connectivity index (χ3n) is 4.65. The maximum atomic E-state index is 13.0. The second-order valence-corrected chi connectivity index (χ2v) is 7.36. The van der Waals surface area contributed by atoms with Gasteiger partial charge in [-0.2, -0.15) is 0 Å². The Labute approximate surface area is 160 Å². The van der Waals surface area contributed by atoms with Gasteiger partial charge in [-0.1, -0.05) is 41.4 Å². The molecule has 0 aliphatic carbocycles. The van der Waals surface area contributed by atoms with Crippen molar-refractivity contribution in [3.63, 3.8) is 0 Å². The first kappa shape index (κ1) is 18.6. The summed E-state index contributed by atoms with van der Waals surface area (Å²) >= 11 is 3.37. The zero-order chi connectivity index (χ0) is 18.9. The van der Waals surface area contributed by atoms with Gasteiger partial charge in [-0.25, -0.2) is 0 Å². The zero-order valence-corrected chi connectivity index (χ0v) is 16.0. The van der Waals surface area contributed by atoms with Gasteiger partial charge < -0.3 is 15.1 Å². The highest BCUT2D eigenvalue weighted by atomic mass is 79.9. The molecule has 6 heteroatoms. The monoisotopic (exact) mass is 417 g/mol. The van der Waals surface area contributed by atoms with Crippen molar-refractivity contribution in [3.8, 4) is 5.75 Å². The first-order chi connectivity index (χ1) is 12.4. The maximum absolute atomic E-state index is 13.0. The number of carbonyl (C=O) groups excluding carboxylic acids is 2. The molecule has 2 N–H and O–H groups in total. The van der Waals surface area contributed by atoms with Crippen LogP contribution in [0.15, 0.2) is 46.9 Å². The van der Waals surface area contributed by atoms with Gasteiger partial charge in [0, 0.05) is 16.6 Å². The van der Waals surface area contributed by atoms with Crippen LogP contribution in [-0.4, -0.2) is 28.4 Å². The van der Waals surface area contributed by atoms with Gasteiger partial charge in [0.15, 0.2) is 11.4 Å². The number of phenolic OH excluding ortho intramolecular Hbond substituents is 1. The third kappa shape index (κ3) is 3.15. The first-order valence-electron chi connectivity index (χ1n) is 8.54. The van der Waals surface area contributed by atoms with Crippen LogP contribution in [0.5, 0.6) is 5.75 Å². The molecule has 0 saturated heterocycles. The van der Waals surface area contributed by atoms with Gasteiger partial charge in [0.1, 0.15) is 5.75 Å². The Morgan fingerprint density at radius 2 is 1.96 bits per heavy atom. The van der Waals surface area contributed by atoms with Crippen molar-refractivity contribution in [1.82, 2.24) is 0 Å². The molecule has 1 atom stereocenters. The number of aromatic hydroxyl groups is 1. The summed E-state index contributed by atoms with van der Waals surface area (Å²) in [4.78, 5) is 27.2. The molecule has 1 amide bonds. The predicted molar refractivity (Wildman–Crippen MR) is 102 cm³/mol. The van der Waals surface area contributed by atoms with E-state index in [9.17, 15) is 19.8 Å². The lowest BCUT2D eigenvalue weighted by Gasteiger charge is -2.23. The van der Waals surface area contributed by atoms with E-state index in [1.807, 2.05) is 13.0 Å². The van der Waals surface area contributed by atoms with Crippen molar-refractivity contribution >= 4 is 33.3 Å². The Hall–Kier alpha value is -2.18. The molecular weight excluding hydrogens is 398 g/mol. The SMILES string of the molecule is CCCCN1C(=O)[C@](O)(CC(=O)c2ccccc2O)c2cc(Br)ccc21. The maximum Gasteiger partial charge on any atom is 0.264 e. The van der Waals surface area contributed by atoms with E-state index < -0.39 is 23.7 Å². The lowest BCUT2D eigenvalue weighted by atomic mass is 9.88. The Kier molecular flexibility index (Phi) is 5.16. The number of hydrogen-bond donors (Lipinski definition) is 2. The van der Waals surface area contributed by atoms with E-state index in [4.69, 9.17) is 0 Å². The van der Waals surface area contributed by atoms with E-state index in [1.54, 1.807) is 29.2 Å². The number of anilines is 1. The number of Topliss-reactive ketones (excluding diaryl/α,β-unsaturated/α-hetero) is 1. The number of phenols is 1. The number of para-hydroxylation sites is 1. The summed E-state index contributed by atoms with van der Waals surface area (Å²) in [6.07, 6.45) is 1.28. The number of aliphatic hydroxyl groups is 1. The minimum absolute atomic E-state index is 0.0947. The topological polar surface area (TPSA) is 77.8 Å². The molecule has 0 saturated carbocycles. The molecule has 0 fully saturated rings. The molecule has 0 spiro atoms. The second-order valence-electron chi connectivity index (χ2n) is 6.45. The number of unbranched alkanes of at least 4 members (excludes halogenated alkanes) is 1. The Morgan fingerprint density at radius 3 is 2.65 bits per heavy atom. The first-order valence-corrected chi connectivity index (χ1v) is 9.33. The number of benzene rings is 2. The zero-order valence-electron chi connectivity index (χ0n) is 14.4. The van der Waals surface area contributed by atoms with Gasteiger partial charge in [0.05, 0.1) is 17.7 Å². The van der Waals surface area contributed by atoms with Gasteiger partial charge in [0.25, 0.3) is 5.91 Å². The molecule has 0 bridgehead atoms. The van der Waals surface area contributed by atoms with Crippen molar-refractivity contribution in [2.24, 2.45) is 0 Å². The molecule has 5 nitrogen and oxygen atoms in total. The van der Waals surface area contributed by atoms with Crippen LogP contribution in [0.2, 0.25) is 0 Å². The van der Waals surface area contributed by atoms with E-state index >= 15 is 0 Å². The Morgan fingerprint density at radius 1 is 1.23 bits per heavy atom. The van der Waals surface area contributed by atoms with Crippen LogP contribution in [0.25, 0.3) is 0 Å². The van der Waals surface area contributed by atoms with Gasteiger partial charge in [-0.15, -0.1) is 0 Å².